The van der Waals surface area contributed by atoms with Gasteiger partial charge in [-0.3, -0.25) is 25.0 Å². The van der Waals surface area contributed by atoms with E-state index in [1.807, 2.05) is 0 Å². The first-order chi connectivity index (χ1) is 17.2. The largest absolute Gasteiger partial charge is 0.378 e. The minimum Gasteiger partial charge on any atom is -0.378 e. The predicted octanol–water partition coefficient (Wildman–Crippen LogP) is 2.77. The first-order valence-electron chi connectivity index (χ1n) is 11.4. The number of nitrogens with one attached hydrogen (secondary N) is 1. The third-order valence-corrected chi connectivity index (χ3v) is 8.03. The van der Waals surface area contributed by atoms with E-state index in [-0.39, 0.29) is 48.1 Å². The van der Waals surface area contributed by atoms with Gasteiger partial charge in [-0.25, -0.2) is 8.42 Å². The van der Waals surface area contributed by atoms with Crippen molar-refractivity contribution in [1.82, 2.24) is 4.31 Å². The van der Waals surface area contributed by atoms with Crippen LogP contribution in [0.4, 0.5) is 22.7 Å². The van der Waals surface area contributed by atoms with E-state index >= 15 is 0 Å². The molecule has 192 valence electrons. The van der Waals surface area contributed by atoms with Crippen LogP contribution in [0.2, 0.25) is 0 Å². The number of carbonyl (C=O) groups excluding carboxylic acids is 1. The molecule has 1 N–H and O–H groups in total. The van der Waals surface area contributed by atoms with Crippen molar-refractivity contribution in [3.05, 3.63) is 62.2 Å². The smallest absolute Gasteiger partial charge is 0.300 e. The Morgan fingerprint density at radius 2 is 1.44 bits per heavy atom. The number of nitrogens with zero attached hydrogens (tertiary/aromatic N) is 4. The highest BCUT2D eigenvalue weighted by Gasteiger charge is 2.33. The van der Waals surface area contributed by atoms with Crippen molar-refractivity contribution in [2.24, 2.45) is 0 Å². The number of piperidine rings is 1. The highest BCUT2D eigenvalue weighted by Crippen LogP contribution is 2.39. The van der Waals surface area contributed by atoms with Crippen molar-refractivity contribution >= 4 is 38.7 Å². The summed E-state index contributed by atoms with van der Waals surface area (Å²) in [4.78, 5) is 36.5. The Balaban J connectivity index is 1.59. The van der Waals surface area contributed by atoms with Crippen LogP contribution in [-0.2, 0) is 14.8 Å². The molecule has 4 rings (SSSR count). The SMILES string of the molecule is O=C(Nc1ccc(S(=O)(=O)N2CCCCC2)cc1)c1cc([N+](=O)[O-])c(N2CCOCC2)c([N+](=O)[O-])c1. The second-order valence-corrected chi connectivity index (χ2v) is 10.4. The zero-order chi connectivity index (χ0) is 25.9. The van der Waals surface area contributed by atoms with Crippen LogP contribution in [0.5, 0.6) is 0 Å². The average Bonchev–Trinajstić information content (AvgIpc) is 2.89. The summed E-state index contributed by atoms with van der Waals surface area (Å²) in [6, 6.07) is 7.54. The molecule has 2 heterocycles. The van der Waals surface area contributed by atoms with Crippen molar-refractivity contribution < 1.29 is 27.8 Å². The summed E-state index contributed by atoms with van der Waals surface area (Å²) in [6.45, 7) is 1.91. The summed E-state index contributed by atoms with van der Waals surface area (Å²) in [5, 5.41) is 26.1. The number of rotatable bonds is 7. The van der Waals surface area contributed by atoms with Crippen LogP contribution in [-0.4, -0.2) is 67.9 Å². The van der Waals surface area contributed by atoms with E-state index in [1.54, 1.807) is 0 Å². The number of anilines is 2. The average molecular weight is 520 g/mol. The highest BCUT2D eigenvalue weighted by atomic mass is 32.2. The van der Waals surface area contributed by atoms with Crippen molar-refractivity contribution in [3.63, 3.8) is 0 Å². The van der Waals surface area contributed by atoms with Gasteiger partial charge in [-0.2, -0.15) is 4.31 Å². The summed E-state index contributed by atoms with van der Waals surface area (Å²) in [7, 11) is -3.65. The quantitative estimate of drug-likeness (QED) is 0.427. The zero-order valence-corrected chi connectivity index (χ0v) is 20.1. The summed E-state index contributed by atoms with van der Waals surface area (Å²) in [5.41, 5.74) is -1.31. The van der Waals surface area contributed by atoms with Gasteiger partial charge in [0.1, 0.15) is 0 Å². The molecule has 2 aromatic rings. The first-order valence-corrected chi connectivity index (χ1v) is 12.8. The van der Waals surface area contributed by atoms with Crippen molar-refractivity contribution in [3.8, 4) is 0 Å². The Labute approximate surface area is 207 Å². The summed E-state index contributed by atoms with van der Waals surface area (Å²) in [5.74, 6) is -0.804. The minimum atomic E-state index is -3.65. The number of sulfonamides is 1. The third-order valence-electron chi connectivity index (χ3n) is 6.12. The van der Waals surface area contributed by atoms with Gasteiger partial charge in [0.2, 0.25) is 10.0 Å². The van der Waals surface area contributed by atoms with Gasteiger partial charge in [0.25, 0.3) is 17.3 Å². The van der Waals surface area contributed by atoms with Crippen molar-refractivity contribution in [2.75, 3.05) is 49.6 Å². The molecule has 0 bridgehead atoms. The van der Waals surface area contributed by atoms with Crippen LogP contribution in [0.1, 0.15) is 29.6 Å². The molecule has 2 aromatic carbocycles. The van der Waals surface area contributed by atoms with Crippen LogP contribution >= 0.6 is 0 Å². The Kier molecular flexibility index (Phi) is 7.47. The molecule has 2 fully saturated rings. The lowest BCUT2D eigenvalue weighted by Crippen LogP contribution is -2.37. The number of hydrogen-bond donors (Lipinski definition) is 1. The minimum absolute atomic E-state index is 0.0866. The number of amides is 1. The van der Waals surface area contributed by atoms with Gasteiger partial charge in [-0.15, -0.1) is 0 Å². The lowest BCUT2D eigenvalue weighted by atomic mass is 10.1. The molecule has 1 amide bonds. The van der Waals surface area contributed by atoms with E-state index in [1.165, 1.54) is 33.5 Å². The predicted molar refractivity (Wildman–Crippen MR) is 130 cm³/mol. The number of nitro groups is 2. The molecule has 0 unspecified atom stereocenters. The number of carbonyl (C=O) groups is 1. The highest BCUT2D eigenvalue weighted by molar-refractivity contribution is 7.89. The Hall–Kier alpha value is -3.62. The second kappa shape index (κ2) is 10.6. The molecule has 0 aliphatic carbocycles. The van der Waals surface area contributed by atoms with E-state index in [0.717, 1.165) is 31.4 Å². The standard InChI is InChI=1S/C22H25N5O8S/c28-22(23-17-4-6-18(7-5-17)36(33,34)25-8-2-1-3-9-25)16-14-19(26(29)30)21(20(15-16)27(31)32)24-10-12-35-13-11-24/h4-7,14-15H,1-3,8-13H2,(H,23,28). The van der Waals surface area contributed by atoms with Crippen LogP contribution in [0, 0.1) is 20.2 Å². The molecule has 0 saturated carbocycles. The van der Waals surface area contributed by atoms with Gasteiger partial charge in [0.05, 0.1) is 33.5 Å². The Morgan fingerprint density at radius 3 is 1.97 bits per heavy atom. The number of hydrogen-bond acceptors (Lipinski definition) is 9. The monoisotopic (exact) mass is 519 g/mol. The fraction of sp³-hybridized carbons (Fsp3) is 0.409. The molecular weight excluding hydrogens is 494 g/mol. The van der Waals surface area contributed by atoms with Gasteiger partial charge in [0.15, 0.2) is 5.69 Å². The maximum absolute atomic E-state index is 12.9. The lowest BCUT2D eigenvalue weighted by Gasteiger charge is -2.28. The zero-order valence-electron chi connectivity index (χ0n) is 19.3. The van der Waals surface area contributed by atoms with Crippen LogP contribution in [0.25, 0.3) is 0 Å². The molecule has 2 saturated heterocycles. The molecule has 0 aromatic heterocycles. The number of nitro benzene ring substituents is 2. The number of ether oxygens (including phenoxy) is 1. The molecule has 0 spiro atoms. The lowest BCUT2D eigenvalue weighted by molar-refractivity contribution is -0.392. The fourth-order valence-electron chi connectivity index (χ4n) is 4.29. The van der Waals surface area contributed by atoms with E-state index in [0.29, 0.717) is 13.1 Å². The molecule has 2 aliphatic rings. The topological polar surface area (TPSA) is 165 Å². The first kappa shape index (κ1) is 25.5. The second-order valence-electron chi connectivity index (χ2n) is 8.42. The van der Waals surface area contributed by atoms with Gasteiger partial charge >= 0.3 is 0 Å². The van der Waals surface area contributed by atoms with E-state index in [4.69, 9.17) is 4.74 Å². The van der Waals surface area contributed by atoms with Crippen LogP contribution in [0.15, 0.2) is 41.3 Å². The Morgan fingerprint density at radius 1 is 0.889 bits per heavy atom. The molecule has 0 radical (unpaired) electrons. The van der Waals surface area contributed by atoms with E-state index < -0.39 is 37.2 Å². The van der Waals surface area contributed by atoms with Crippen molar-refractivity contribution in [1.29, 1.82) is 0 Å². The maximum Gasteiger partial charge on any atom is 0.300 e. The molecule has 13 nitrogen and oxygen atoms in total. The summed E-state index contributed by atoms with van der Waals surface area (Å²) < 4.78 is 32.3. The number of benzene rings is 2. The molecule has 14 heteroatoms. The normalized spacial score (nSPS) is 16.9. The van der Waals surface area contributed by atoms with Gasteiger partial charge in [0, 0.05) is 44.0 Å². The summed E-state index contributed by atoms with van der Waals surface area (Å²) >= 11 is 0. The van der Waals surface area contributed by atoms with Gasteiger partial charge in [-0.1, -0.05) is 6.42 Å². The van der Waals surface area contributed by atoms with E-state index in [9.17, 15) is 33.4 Å². The molecule has 36 heavy (non-hydrogen) atoms. The van der Waals surface area contributed by atoms with Gasteiger partial charge in [-0.05, 0) is 37.1 Å². The number of morpholine rings is 1. The van der Waals surface area contributed by atoms with Gasteiger partial charge < -0.3 is 15.0 Å². The fourth-order valence-corrected chi connectivity index (χ4v) is 5.81. The Bertz CT molecular complexity index is 1230. The molecular formula is C22H25N5O8S. The molecule has 0 atom stereocenters. The van der Waals surface area contributed by atoms with Crippen LogP contribution in [0.3, 0.4) is 0 Å². The summed E-state index contributed by atoms with van der Waals surface area (Å²) in [6.07, 6.45) is 2.59. The van der Waals surface area contributed by atoms with E-state index in [2.05, 4.69) is 5.32 Å². The van der Waals surface area contributed by atoms with Crippen molar-refractivity contribution in [2.45, 2.75) is 24.2 Å². The maximum atomic E-state index is 12.9. The third kappa shape index (κ3) is 5.29. The molecule has 2 aliphatic heterocycles. The van der Waals surface area contributed by atoms with Crippen LogP contribution < -0.4 is 10.2 Å².